The third-order valence-electron chi connectivity index (χ3n) is 3.07. The second-order valence-electron chi connectivity index (χ2n) is 5.09. The Labute approximate surface area is 134 Å². The highest BCUT2D eigenvalue weighted by Gasteiger charge is 2.23. The molecule has 0 fully saturated rings. The normalized spacial score (nSPS) is 13.0. The molecule has 8 heteroatoms. The Morgan fingerprint density at radius 1 is 1.04 bits per heavy atom. The summed E-state index contributed by atoms with van der Waals surface area (Å²) in [6.07, 6.45) is 1.09. The maximum absolute atomic E-state index is 11.8. The quantitative estimate of drug-likeness (QED) is 0.157. The molecular formula is C15H23N5O3. The SMILES string of the molecule is NC(N)=NCCC[C@@H](N)C(=O)OC(=O)[C@@H](N)Cc1ccccc1. The molecule has 0 amide bonds. The van der Waals surface area contributed by atoms with Crippen molar-refractivity contribution in [2.75, 3.05) is 6.54 Å². The van der Waals surface area contributed by atoms with Crippen molar-refractivity contribution in [3.8, 4) is 0 Å². The van der Waals surface area contributed by atoms with Gasteiger partial charge < -0.3 is 27.7 Å². The van der Waals surface area contributed by atoms with Crippen molar-refractivity contribution in [3.63, 3.8) is 0 Å². The molecule has 0 saturated carbocycles. The Morgan fingerprint density at radius 3 is 2.26 bits per heavy atom. The molecule has 23 heavy (non-hydrogen) atoms. The highest BCUT2D eigenvalue weighted by Crippen LogP contribution is 2.04. The van der Waals surface area contributed by atoms with Gasteiger partial charge in [-0.2, -0.15) is 0 Å². The summed E-state index contributed by atoms with van der Waals surface area (Å²) in [7, 11) is 0. The van der Waals surface area contributed by atoms with Gasteiger partial charge >= 0.3 is 11.9 Å². The first kappa shape index (κ1) is 18.6. The number of carbonyl (C=O) groups is 2. The van der Waals surface area contributed by atoms with Crippen molar-refractivity contribution in [1.29, 1.82) is 0 Å². The molecular weight excluding hydrogens is 298 g/mol. The highest BCUT2D eigenvalue weighted by atomic mass is 16.6. The van der Waals surface area contributed by atoms with Crippen LogP contribution < -0.4 is 22.9 Å². The molecule has 0 heterocycles. The Morgan fingerprint density at radius 2 is 1.65 bits per heavy atom. The van der Waals surface area contributed by atoms with Gasteiger partial charge in [0.15, 0.2) is 5.96 Å². The minimum atomic E-state index is -0.921. The molecule has 8 N–H and O–H groups in total. The van der Waals surface area contributed by atoms with E-state index in [-0.39, 0.29) is 12.4 Å². The van der Waals surface area contributed by atoms with E-state index in [0.717, 1.165) is 5.56 Å². The second-order valence-corrected chi connectivity index (χ2v) is 5.09. The molecule has 0 unspecified atom stereocenters. The Balaban J connectivity index is 2.37. The standard InChI is InChI=1S/C15H23N5O3/c16-11(7-4-8-20-15(18)19)13(21)23-14(22)12(17)9-10-5-2-1-3-6-10/h1-3,5-6,11-12H,4,7-9,16-17H2,(H4,18,19,20)/t11-,12+/m1/s1. The van der Waals surface area contributed by atoms with Crippen LogP contribution in [0.5, 0.6) is 0 Å². The molecule has 0 bridgehead atoms. The van der Waals surface area contributed by atoms with Crippen LogP contribution in [0.1, 0.15) is 18.4 Å². The maximum Gasteiger partial charge on any atom is 0.330 e. The Kier molecular flexibility index (Phi) is 7.72. The predicted molar refractivity (Wildman–Crippen MR) is 87.1 cm³/mol. The molecule has 0 aliphatic carbocycles. The molecule has 0 radical (unpaired) electrons. The summed E-state index contributed by atoms with van der Waals surface area (Å²) < 4.78 is 4.71. The van der Waals surface area contributed by atoms with Gasteiger partial charge in [-0.3, -0.25) is 4.99 Å². The van der Waals surface area contributed by atoms with E-state index in [1.807, 2.05) is 30.3 Å². The smallest absolute Gasteiger partial charge is 0.330 e. The fourth-order valence-corrected chi connectivity index (χ4v) is 1.84. The molecule has 0 aliphatic rings. The number of nitrogens with zero attached hydrogens (tertiary/aromatic N) is 1. The van der Waals surface area contributed by atoms with E-state index >= 15 is 0 Å². The minimum absolute atomic E-state index is 0.0248. The molecule has 8 nitrogen and oxygen atoms in total. The lowest BCUT2D eigenvalue weighted by Gasteiger charge is -2.13. The van der Waals surface area contributed by atoms with Crippen LogP contribution in [0.3, 0.4) is 0 Å². The lowest BCUT2D eigenvalue weighted by atomic mass is 10.1. The van der Waals surface area contributed by atoms with Gasteiger partial charge in [-0.1, -0.05) is 30.3 Å². The molecule has 1 aromatic rings. The number of ether oxygens (including phenoxy) is 1. The van der Waals surface area contributed by atoms with Crippen LogP contribution in [0, 0.1) is 0 Å². The number of esters is 2. The van der Waals surface area contributed by atoms with Crippen molar-refractivity contribution in [2.45, 2.75) is 31.3 Å². The molecule has 0 aromatic heterocycles. The molecule has 2 atom stereocenters. The predicted octanol–water partition coefficient (Wildman–Crippen LogP) is -0.993. The van der Waals surface area contributed by atoms with E-state index in [1.54, 1.807) is 0 Å². The largest absolute Gasteiger partial charge is 0.391 e. The number of benzene rings is 1. The average Bonchev–Trinajstić information content (AvgIpc) is 2.51. The molecule has 0 aliphatic heterocycles. The van der Waals surface area contributed by atoms with Gasteiger partial charge in [0, 0.05) is 6.54 Å². The number of nitrogens with two attached hydrogens (primary N) is 4. The van der Waals surface area contributed by atoms with Gasteiger partial charge in [-0.15, -0.1) is 0 Å². The van der Waals surface area contributed by atoms with Crippen LogP contribution in [0.2, 0.25) is 0 Å². The van der Waals surface area contributed by atoms with E-state index in [9.17, 15) is 9.59 Å². The van der Waals surface area contributed by atoms with Gasteiger partial charge in [0.2, 0.25) is 0 Å². The van der Waals surface area contributed by atoms with Crippen molar-refractivity contribution in [1.82, 2.24) is 0 Å². The van der Waals surface area contributed by atoms with Crippen LogP contribution in [0.4, 0.5) is 0 Å². The summed E-state index contributed by atoms with van der Waals surface area (Å²) in [6.45, 7) is 0.352. The van der Waals surface area contributed by atoms with Gasteiger partial charge in [0.25, 0.3) is 0 Å². The van der Waals surface area contributed by atoms with Crippen LogP contribution in [0.15, 0.2) is 35.3 Å². The van der Waals surface area contributed by atoms with E-state index in [0.29, 0.717) is 19.4 Å². The monoisotopic (exact) mass is 321 g/mol. The molecule has 1 aromatic carbocycles. The number of hydrogen-bond donors (Lipinski definition) is 4. The summed E-state index contributed by atoms with van der Waals surface area (Å²) in [5.74, 6) is -1.62. The third-order valence-corrected chi connectivity index (χ3v) is 3.07. The highest BCUT2D eigenvalue weighted by molar-refractivity contribution is 5.90. The van der Waals surface area contributed by atoms with Crippen LogP contribution in [0.25, 0.3) is 0 Å². The van der Waals surface area contributed by atoms with Crippen molar-refractivity contribution >= 4 is 17.9 Å². The van der Waals surface area contributed by atoms with Gasteiger partial charge in [0.05, 0.1) is 0 Å². The van der Waals surface area contributed by atoms with Crippen molar-refractivity contribution < 1.29 is 14.3 Å². The zero-order valence-corrected chi connectivity index (χ0v) is 12.9. The van der Waals surface area contributed by atoms with E-state index < -0.39 is 24.0 Å². The Hall–Kier alpha value is -2.45. The first-order valence-corrected chi connectivity index (χ1v) is 7.26. The number of hydrogen-bond acceptors (Lipinski definition) is 6. The van der Waals surface area contributed by atoms with E-state index in [4.69, 9.17) is 27.7 Å². The summed E-state index contributed by atoms with van der Waals surface area (Å²) >= 11 is 0. The second kappa shape index (κ2) is 9.54. The summed E-state index contributed by atoms with van der Waals surface area (Å²) in [4.78, 5) is 27.3. The zero-order valence-electron chi connectivity index (χ0n) is 12.9. The number of aliphatic imine (C=N–C) groups is 1. The van der Waals surface area contributed by atoms with Crippen molar-refractivity contribution in [3.05, 3.63) is 35.9 Å². The third kappa shape index (κ3) is 7.39. The number of guanidine groups is 1. The van der Waals surface area contributed by atoms with Crippen LogP contribution >= 0.6 is 0 Å². The zero-order chi connectivity index (χ0) is 17.2. The number of carbonyl (C=O) groups excluding carboxylic acids is 2. The fraction of sp³-hybridized carbons (Fsp3) is 0.400. The number of rotatable bonds is 8. The summed E-state index contributed by atoms with van der Waals surface area (Å²) in [5, 5.41) is 0. The van der Waals surface area contributed by atoms with E-state index in [1.165, 1.54) is 0 Å². The van der Waals surface area contributed by atoms with Crippen LogP contribution in [-0.2, 0) is 20.7 Å². The van der Waals surface area contributed by atoms with Crippen LogP contribution in [-0.4, -0.2) is 36.5 Å². The summed E-state index contributed by atoms with van der Waals surface area (Å²) in [5.41, 5.74) is 22.6. The first-order chi connectivity index (χ1) is 10.9. The molecule has 1 rings (SSSR count). The topological polar surface area (TPSA) is 160 Å². The first-order valence-electron chi connectivity index (χ1n) is 7.26. The molecule has 0 spiro atoms. The molecule has 0 saturated heterocycles. The van der Waals surface area contributed by atoms with E-state index in [2.05, 4.69) is 4.99 Å². The summed E-state index contributed by atoms with van der Waals surface area (Å²) in [6, 6.07) is 7.37. The van der Waals surface area contributed by atoms with Gasteiger partial charge in [-0.25, -0.2) is 9.59 Å². The van der Waals surface area contributed by atoms with Gasteiger partial charge in [-0.05, 0) is 24.8 Å². The lowest BCUT2D eigenvalue weighted by molar-refractivity contribution is -0.161. The minimum Gasteiger partial charge on any atom is -0.391 e. The average molecular weight is 321 g/mol. The maximum atomic E-state index is 11.8. The fourth-order valence-electron chi connectivity index (χ4n) is 1.84. The van der Waals surface area contributed by atoms with Gasteiger partial charge in [0.1, 0.15) is 12.1 Å². The lowest BCUT2D eigenvalue weighted by Crippen LogP contribution is -2.40. The molecule has 126 valence electrons. The Bertz CT molecular complexity index is 543. The van der Waals surface area contributed by atoms with Crippen molar-refractivity contribution in [2.24, 2.45) is 27.9 Å².